The summed E-state index contributed by atoms with van der Waals surface area (Å²) in [7, 11) is 5.20. The highest BCUT2D eigenvalue weighted by Crippen LogP contribution is 2.31. The first-order chi connectivity index (χ1) is 12.7. The number of aryl methyl sites for hydroxylation is 1. The predicted molar refractivity (Wildman–Crippen MR) is 101 cm³/mol. The molecule has 0 unspecified atom stereocenters. The lowest BCUT2D eigenvalue weighted by atomic mass is 10.2. The van der Waals surface area contributed by atoms with Gasteiger partial charge in [0.2, 0.25) is 0 Å². The number of ether oxygens (including phenoxy) is 2. The highest BCUT2D eigenvalue weighted by Gasteiger charge is 2.09. The van der Waals surface area contributed by atoms with Gasteiger partial charge in [-0.3, -0.25) is 0 Å². The standard InChI is InChI=1S/C19H19N5O2/c1-24-11-20-10-16(24)15-6-12-9-21-19(8-14(12)23-15)22-13-4-5-17(25-2)18(7-13)26-3/h4-11,23H,1-3H3,(H,21,22). The quantitative estimate of drug-likeness (QED) is 0.574. The van der Waals surface area contributed by atoms with Gasteiger partial charge in [-0.1, -0.05) is 0 Å². The van der Waals surface area contributed by atoms with Crippen LogP contribution in [0.1, 0.15) is 0 Å². The number of fused-ring (bicyclic) bond motifs is 1. The summed E-state index contributed by atoms with van der Waals surface area (Å²) < 4.78 is 12.6. The monoisotopic (exact) mass is 349 g/mol. The molecule has 0 radical (unpaired) electrons. The van der Waals surface area contributed by atoms with Crippen molar-refractivity contribution in [3.8, 4) is 22.9 Å². The molecule has 0 aliphatic heterocycles. The summed E-state index contributed by atoms with van der Waals surface area (Å²) in [5, 5.41) is 4.33. The van der Waals surface area contributed by atoms with Crippen molar-refractivity contribution < 1.29 is 9.47 Å². The lowest BCUT2D eigenvalue weighted by Gasteiger charge is -2.10. The van der Waals surface area contributed by atoms with Gasteiger partial charge in [0.05, 0.1) is 43.6 Å². The van der Waals surface area contributed by atoms with Crippen molar-refractivity contribution in [2.75, 3.05) is 19.5 Å². The van der Waals surface area contributed by atoms with Crippen molar-refractivity contribution >= 4 is 22.4 Å². The van der Waals surface area contributed by atoms with E-state index in [1.807, 2.05) is 48.3 Å². The lowest BCUT2D eigenvalue weighted by Crippen LogP contribution is -1.95. The molecule has 1 aromatic carbocycles. The van der Waals surface area contributed by atoms with Crippen LogP contribution < -0.4 is 14.8 Å². The van der Waals surface area contributed by atoms with E-state index in [0.29, 0.717) is 11.5 Å². The molecule has 7 nitrogen and oxygen atoms in total. The molecule has 3 aromatic heterocycles. The first kappa shape index (κ1) is 16.0. The molecule has 0 saturated carbocycles. The molecule has 0 spiro atoms. The number of aromatic nitrogens is 4. The molecule has 0 bridgehead atoms. The molecular formula is C19H19N5O2. The zero-order valence-corrected chi connectivity index (χ0v) is 14.8. The number of imidazole rings is 1. The molecule has 0 aliphatic carbocycles. The Kier molecular flexibility index (Phi) is 3.96. The number of hydrogen-bond acceptors (Lipinski definition) is 5. The number of hydrogen-bond donors (Lipinski definition) is 2. The Morgan fingerprint density at radius 2 is 1.88 bits per heavy atom. The summed E-state index contributed by atoms with van der Waals surface area (Å²) in [4.78, 5) is 12.1. The fourth-order valence-corrected chi connectivity index (χ4v) is 2.91. The van der Waals surface area contributed by atoms with E-state index in [-0.39, 0.29) is 0 Å². The molecule has 0 atom stereocenters. The molecule has 0 saturated heterocycles. The summed E-state index contributed by atoms with van der Waals surface area (Å²) in [6.45, 7) is 0. The Bertz CT molecular complexity index is 1070. The van der Waals surface area contributed by atoms with E-state index in [0.717, 1.165) is 33.8 Å². The molecule has 4 rings (SSSR count). The van der Waals surface area contributed by atoms with E-state index < -0.39 is 0 Å². The number of nitrogens with one attached hydrogen (secondary N) is 2. The van der Waals surface area contributed by atoms with Gasteiger partial charge in [-0.15, -0.1) is 0 Å². The molecule has 132 valence electrons. The highest BCUT2D eigenvalue weighted by atomic mass is 16.5. The van der Waals surface area contributed by atoms with Crippen LogP contribution in [0.5, 0.6) is 11.5 Å². The minimum Gasteiger partial charge on any atom is -0.493 e. The van der Waals surface area contributed by atoms with Crippen molar-refractivity contribution in [2.45, 2.75) is 0 Å². The molecule has 0 aliphatic rings. The summed E-state index contributed by atoms with van der Waals surface area (Å²) in [6, 6.07) is 9.70. The Morgan fingerprint density at radius 3 is 2.62 bits per heavy atom. The lowest BCUT2D eigenvalue weighted by molar-refractivity contribution is 0.355. The van der Waals surface area contributed by atoms with Crippen LogP contribution in [0.2, 0.25) is 0 Å². The normalized spacial score (nSPS) is 10.9. The van der Waals surface area contributed by atoms with Crippen LogP contribution in [0.25, 0.3) is 22.3 Å². The van der Waals surface area contributed by atoms with E-state index in [4.69, 9.17) is 9.47 Å². The maximum Gasteiger partial charge on any atom is 0.162 e. The average molecular weight is 349 g/mol. The van der Waals surface area contributed by atoms with Gasteiger partial charge < -0.3 is 24.3 Å². The largest absolute Gasteiger partial charge is 0.493 e. The van der Waals surface area contributed by atoms with Crippen LogP contribution in [-0.2, 0) is 7.05 Å². The minimum absolute atomic E-state index is 0.664. The summed E-state index contributed by atoms with van der Waals surface area (Å²) >= 11 is 0. The number of H-pyrrole nitrogens is 1. The van der Waals surface area contributed by atoms with Crippen LogP contribution in [0.4, 0.5) is 11.5 Å². The van der Waals surface area contributed by atoms with Crippen LogP contribution >= 0.6 is 0 Å². The van der Waals surface area contributed by atoms with E-state index in [9.17, 15) is 0 Å². The smallest absolute Gasteiger partial charge is 0.162 e. The third kappa shape index (κ3) is 2.83. The van der Waals surface area contributed by atoms with E-state index in [1.54, 1.807) is 20.5 Å². The number of aromatic amines is 1. The SMILES string of the molecule is COc1ccc(Nc2cc3[nH]c(-c4cncn4C)cc3cn2)cc1OC. The third-order valence-corrected chi connectivity index (χ3v) is 4.25. The van der Waals surface area contributed by atoms with Crippen molar-refractivity contribution in [1.29, 1.82) is 0 Å². The fraction of sp³-hybridized carbons (Fsp3) is 0.158. The second kappa shape index (κ2) is 6.44. The molecule has 26 heavy (non-hydrogen) atoms. The van der Waals surface area contributed by atoms with Crippen molar-refractivity contribution in [3.63, 3.8) is 0 Å². The van der Waals surface area contributed by atoms with Gasteiger partial charge >= 0.3 is 0 Å². The van der Waals surface area contributed by atoms with Crippen LogP contribution in [-0.4, -0.2) is 33.7 Å². The van der Waals surface area contributed by atoms with Gasteiger partial charge in [0, 0.05) is 36.5 Å². The van der Waals surface area contributed by atoms with Crippen molar-refractivity contribution in [2.24, 2.45) is 7.05 Å². The first-order valence-corrected chi connectivity index (χ1v) is 8.12. The minimum atomic E-state index is 0.664. The number of pyridine rings is 1. The van der Waals surface area contributed by atoms with Crippen LogP contribution in [0.15, 0.2) is 49.1 Å². The second-order valence-electron chi connectivity index (χ2n) is 5.92. The second-order valence-corrected chi connectivity index (χ2v) is 5.92. The van der Waals surface area contributed by atoms with Crippen molar-refractivity contribution in [1.82, 2.24) is 19.5 Å². The Morgan fingerprint density at radius 1 is 1.04 bits per heavy atom. The van der Waals surface area contributed by atoms with Gasteiger partial charge in [-0.2, -0.15) is 0 Å². The van der Waals surface area contributed by atoms with Gasteiger partial charge in [-0.25, -0.2) is 9.97 Å². The fourth-order valence-electron chi connectivity index (χ4n) is 2.91. The van der Waals surface area contributed by atoms with Crippen LogP contribution in [0.3, 0.4) is 0 Å². The Balaban J connectivity index is 1.64. The molecule has 4 aromatic rings. The van der Waals surface area contributed by atoms with E-state index in [2.05, 4.69) is 26.3 Å². The maximum atomic E-state index is 5.34. The highest BCUT2D eigenvalue weighted by molar-refractivity contribution is 5.86. The number of rotatable bonds is 5. The molecule has 0 fully saturated rings. The topological polar surface area (TPSA) is 77.0 Å². The zero-order valence-electron chi connectivity index (χ0n) is 14.8. The summed E-state index contributed by atoms with van der Waals surface area (Å²) in [5.41, 5.74) is 3.90. The summed E-state index contributed by atoms with van der Waals surface area (Å²) in [6.07, 6.45) is 5.46. The zero-order chi connectivity index (χ0) is 18.1. The summed E-state index contributed by atoms with van der Waals surface area (Å²) in [5.74, 6) is 2.09. The van der Waals surface area contributed by atoms with Gasteiger partial charge in [-0.05, 0) is 18.2 Å². The first-order valence-electron chi connectivity index (χ1n) is 8.12. The number of anilines is 2. The predicted octanol–water partition coefficient (Wildman–Crippen LogP) is 3.72. The van der Waals surface area contributed by atoms with Crippen molar-refractivity contribution in [3.05, 3.63) is 49.1 Å². The maximum absolute atomic E-state index is 5.34. The molecule has 0 amide bonds. The van der Waals surface area contributed by atoms with Gasteiger partial charge in [0.25, 0.3) is 0 Å². The van der Waals surface area contributed by atoms with Gasteiger partial charge in [0.15, 0.2) is 11.5 Å². The Hall–Kier alpha value is -3.48. The number of benzene rings is 1. The molecule has 3 heterocycles. The number of methoxy groups -OCH3 is 2. The molecule has 2 N–H and O–H groups in total. The van der Waals surface area contributed by atoms with E-state index >= 15 is 0 Å². The van der Waals surface area contributed by atoms with Crippen LogP contribution in [0, 0.1) is 0 Å². The van der Waals surface area contributed by atoms with E-state index in [1.165, 1.54) is 0 Å². The van der Waals surface area contributed by atoms with Gasteiger partial charge in [0.1, 0.15) is 5.82 Å². The number of nitrogens with zero attached hydrogens (tertiary/aromatic N) is 3. The molecule has 7 heteroatoms. The third-order valence-electron chi connectivity index (χ3n) is 4.25. The average Bonchev–Trinajstić information content (AvgIpc) is 3.26. The Labute approximate surface area is 150 Å². The molecular weight excluding hydrogens is 330 g/mol.